The number of hydrogen-bond donors (Lipinski definition) is 0. The van der Waals surface area contributed by atoms with Crippen LogP contribution in [0.3, 0.4) is 0 Å². The lowest BCUT2D eigenvalue weighted by molar-refractivity contribution is 0.0274. The van der Waals surface area contributed by atoms with E-state index in [1.807, 2.05) is 0 Å². The van der Waals surface area contributed by atoms with Crippen LogP contribution in [-0.2, 0) is 29.6 Å². The SMILES string of the molecule is CCOCOS(C)(=O)=O.O=S(=O)=O. The summed E-state index contributed by atoms with van der Waals surface area (Å²) >= 11 is 0. The Morgan fingerprint density at radius 1 is 1.23 bits per heavy atom. The summed E-state index contributed by atoms with van der Waals surface area (Å²) in [6.07, 6.45) is 0.978. The molecule has 9 heteroatoms. The van der Waals surface area contributed by atoms with Crippen molar-refractivity contribution in [2.75, 3.05) is 19.7 Å². The van der Waals surface area contributed by atoms with Gasteiger partial charge in [-0.1, -0.05) is 0 Å². The highest BCUT2D eigenvalue weighted by Gasteiger charge is 1.98. The Balaban J connectivity index is 0. The van der Waals surface area contributed by atoms with Gasteiger partial charge in [0.1, 0.15) is 0 Å². The normalized spacial score (nSPS) is 10.0. The van der Waals surface area contributed by atoms with Crippen molar-refractivity contribution in [1.82, 2.24) is 0 Å². The summed E-state index contributed by atoms with van der Waals surface area (Å²) in [6.45, 7) is 2.02. The molecule has 0 aromatic heterocycles. The summed E-state index contributed by atoms with van der Waals surface area (Å²) < 4.78 is 54.6. The van der Waals surface area contributed by atoms with E-state index < -0.39 is 20.7 Å². The van der Waals surface area contributed by atoms with Crippen molar-refractivity contribution in [1.29, 1.82) is 0 Å². The summed E-state index contributed by atoms with van der Waals surface area (Å²) in [7, 11) is -6.43. The van der Waals surface area contributed by atoms with E-state index in [4.69, 9.17) is 12.6 Å². The summed E-state index contributed by atoms with van der Waals surface area (Å²) in [5.41, 5.74) is 0. The van der Waals surface area contributed by atoms with Crippen LogP contribution < -0.4 is 0 Å². The van der Waals surface area contributed by atoms with Gasteiger partial charge in [0.2, 0.25) is 0 Å². The third-order valence-corrected chi connectivity index (χ3v) is 1.07. The third-order valence-electron chi connectivity index (χ3n) is 0.550. The second kappa shape index (κ2) is 8.10. The van der Waals surface area contributed by atoms with Crippen LogP contribution in [0, 0.1) is 0 Å². The van der Waals surface area contributed by atoms with E-state index in [1.165, 1.54) is 0 Å². The minimum absolute atomic E-state index is 0.185. The lowest BCUT2D eigenvalue weighted by Gasteiger charge is -1.98. The van der Waals surface area contributed by atoms with Crippen LogP contribution in [0.25, 0.3) is 0 Å². The van der Waals surface area contributed by atoms with Gasteiger partial charge in [0.25, 0.3) is 10.1 Å². The van der Waals surface area contributed by atoms with Gasteiger partial charge in [-0.3, -0.25) is 0 Å². The minimum atomic E-state index is -3.32. The molecule has 0 aliphatic carbocycles. The maximum absolute atomic E-state index is 10.2. The third kappa shape index (κ3) is 34.3. The molecule has 0 aliphatic heterocycles. The molecule has 0 spiro atoms. The number of rotatable bonds is 4. The monoisotopic (exact) mass is 234 g/mol. The van der Waals surface area contributed by atoms with E-state index in [-0.39, 0.29) is 6.79 Å². The topological polar surface area (TPSA) is 104 Å². The van der Waals surface area contributed by atoms with Crippen LogP contribution in [0.4, 0.5) is 0 Å². The van der Waals surface area contributed by atoms with Crippen molar-refractivity contribution in [2.24, 2.45) is 0 Å². The largest absolute Gasteiger partial charge is 0.425 e. The molecule has 80 valence electrons. The number of ether oxygens (including phenoxy) is 1. The molecule has 0 saturated heterocycles. The van der Waals surface area contributed by atoms with Gasteiger partial charge in [-0.2, -0.15) is 8.42 Å². The second-order valence-electron chi connectivity index (χ2n) is 1.64. The maximum Gasteiger partial charge on any atom is 0.425 e. The van der Waals surface area contributed by atoms with Crippen molar-refractivity contribution in [3.8, 4) is 0 Å². The molecule has 0 amide bonds. The Hall–Kier alpha value is -0.510. The first kappa shape index (κ1) is 15.0. The summed E-state index contributed by atoms with van der Waals surface area (Å²) in [4.78, 5) is 0. The molecule has 0 rings (SSSR count). The van der Waals surface area contributed by atoms with Crippen LogP contribution in [0.1, 0.15) is 6.92 Å². The Kier molecular flexibility index (Phi) is 9.34. The van der Waals surface area contributed by atoms with Crippen molar-refractivity contribution >= 4 is 20.7 Å². The van der Waals surface area contributed by atoms with Gasteiger partial charge < -0.3 is 4.74 Å². The summed E-state index contributed by atoms with van der Waals surface area (Å²) in [5, 5.41) is 0. The van der Waals surface area contributed by atoms with Crippen molar-refractivity contribution in [3.63, 3.8) is 0 Å². The van der Waals surface area contributed by atoms with Crippen LogP contribution in [0.2, 0.25) is 0 Å². The van der Waals surface area contributed by atoms with Gasteiger partial charge in [0.15, 0.2) is 6.79 Å². The molecule has 0 radical (unpaired) electrons. The van der Waals surface area contributed by atoms with Gasteiger partial charge in [-0.25, -0.2) is 4.18 Å². The van der Waals surface area contributed by atoms with Gasteiger partial charge >= 0.3 is 10.6 Å². The van der Waals surface area contributed by atoms with E-state index >= 15 is 0 Å². The first-order valence-electron chi connectivity index (χ1n) is 2.98. The van der Waals surface area contributed by atoms with Gasteiger partial charge in [-0.15, -0.1) is 12.6 Å². The van der Waals surface area contributed by atoms with Crippen molar-refractivity contribution in [3.05, 3.63) is 0 Å². The molecule has 0 aromatic carbocycles. The molecule has 13 heavy (non-hydrogen) atoms. The molecular formula is C4H10O7S2. The van der Waals surface area contributed by atoms with E-state index in [2.05, 4.69) is 8.92 Å². The summed E-state index contributed by atoms with van der Waals surface area (Å²) in [5.74, 6) is 0. The fourth-order valence-electron chi connectivity index (χ4n) is 0.205. The predicted octanol–water partition coefficient (Wildman–Crippen LogP) is -1.05. The molecule has 0 unspecified atom stereocenters. The molecule has 0 atom stereocenters. The fourth-order valence-corrected chi connectivity index (χ4v) is 0.448. The molecule has 0 bridgehead atoms. The average Bonchev–Trinajstić information content (AvgIpc) is 1.83. The zero-order valence-corrected chi connectivity index (χ0v) is 8.72. The van der Waals surface area contributed by atoms with E-state index in [0.717, 1.165) is 6.26 Å². The first-order valence-corrected chi connectivity index (χ1v) is 5.80. The highest BCUT2D eigenvalue weighted by atomic mass is 32.2. The standard InChI is InChI=1S/C4H10O4S.O3S/c1-3-7-4-8-9(2,5)6;1-4(2)3/h3-4H2,1-2H3;. The Morgan fingerprint density at radius 3 is 1.85 bits per heavy atom. The van der Waals surface area contributed by atoms with Crippen LogP contribution in [-0.4, -0.2) is 40.7 Å². The molecule has 0 aliphatic rings. The van der Waals surface area contributed by atoms with Crippen LogP contribution in [0.15, 0.2) is 0 Å². The van der Waals surface area contributed by atoms with E-state index in [0.29, 0.717) is 6.61 Å². The van der Waals surface area contributed by atoms with Crippen molar-refractivity contribution < 1.29 is 30.0 Å². The Morgan fingerprint density at radius 2 is 1.62 bits per heavy atom. The van der Waals surface area contributed by atoms with Crippen LogP contribution >= 0.6 is 0 Å². The Bertz CT molecular complexity index is 291. The molecule has 0 aromatic rings. The summed E-state index contributed by atoms with van der Waals surface area (Å²) in [6, 6.07) is 0. The highest BCUT2D eigenvalue weighted by molar-refractivity contribution is 7.85. The quantitative estimate of drug-likeness (QED) is 0.347. The molecular weight excluding hydrogens is 224 g/mol. The first-order chi connectivity index (χ1) is 5.79. The van der Waals surface area contributed by atoms with Gasteiger partial charge in [0.05, 0.1) is 6.26 Å². The van der Waals surface area contributed by atoms with E-state index in [9.17, 15) is 8.42 Å². The lowest BCUT2D eigenvalue weighted by atomic mass is 10.9. The average molecular weight is 234 g/mol. The van der Waals surface area contributed by atoms with Gasteiger partial charge in [0, 0.05) is 6.61 Å². The van der Waals surface area contributed by atoms with E-state index in [1.54, 1.807) is 6.92 Å². The number of hydrogen-bond acceptors (Lipinski definition) is 7. The predicted molar refractivity (Wildman–Crippen MR) is 42.1 cm³/mol. The fraction of sp³-hybridized carbons (Fsp3) is 1.00. The smallest absolute Gasteiger partial charge is 0.354 e. The molecule has 0 fully saturated rings. The zero-order valence-electron chi connectivity index (χ0n) is 7.09. The Labute approximate surface area is 77.8 Å². The minimum Gasteiger partial charge on any atom is -0.354 e. The molecule has 0 N–H and O–H groups in total. The molecule has 0 heterocycles. The zero-order chi connectivity index (χ0) is 10.9. The van der Waals surface area contributed by atoms with Crippen LogP contribution in [0.5, 0.6) is 0 Å². The van der Waals surface area contributed by atoms with Crippen molar-refractivity contribution in [2.45, 2.75) is 6.92 Å². The highest BCUT2D eigenvalue weighted by Crippen LogP contribution is 1.85. The second-order valence-corrected chi connectivity index (χ2v) is 3.69. The molecule has 0 saturated carbocycles. The maximum atomic E-state index is 10.2. The van der Waals surface area contributed by atoms with Gasteiger partial charge in [-0.05, 0) is 6.92 Å². The molecule has 7 nitrogen and oxygen atoms in total. The lowest BCUT2D eigenvalue weighted by Crippen LogP contribution is -2.06.